The Bertz CT molecular complexity index is 1210. The molecule has 1 aromatic heterocycles. The Labute approximate surface area is 229 Å². The van der Waals surface area contributed by atoms with E-state index in [0.717, 1.165) is 12.3 Å². The first-order valence-electron chi connectivity index (χ1n) is 12.7. The van der Waals surface area contributed by atoms with Crippen LogP contribution in [-0.4, -0.2) is 64.5 Å². The molecule has 0 N–H and O–H groups in total. The second-order valence-corrected chi connectivity index (χ2v) is 9.85. The number of carbonyl (C=O) groups is 4. The molecule has 1 fully saturated rings. The van der Waals surface area contributed by atoms with Crippen LogP contribution < -0.4 is 11.2 Å². The summed E-state index contributed by atoms with van der Waals surface area (Å²) < 4.78 is 48.4. The van der Waals surface area contributed by atoms with E-state index in [1.807, 2.05) is 0 Å². The largest absolute Gasteiger partial charge is 0.510 e. The molecule has 1 aliphatic heterocycles. The summed E-state index contributed by atoms with van der Waals surface area (Å²) >= 11 is 0. The summed E-state index contributed by atoms with van der Waals surface area (Å²) in [7, 11) is 0. The van der Waals surface area contributed by atoms with E-state index in [-0.39, 0.29) is 6.61 Å². The monoisotopic (exact) mass is 574 g/mol. The van der Waals surface area contributed by atoms with E-state index >= 15 is 4.39 Å². The van der Waals surface area contributed by atoms with Gasteiger partial charge < -0.3 is 28.4 Å². The Hall–Kier alpha value is -3.75. The lowest BCUT2D eigenvalue weighted by Gasteiger charge is -2.28. The third-order valence-electron chi connectivity index (χ3n) is 5.59. The second-order valence-electron chi connectivity index (χ2n) is 9.85. The Balaban J connectivity index is 2.62. The zero-order valence-electron chi connectivity index (χ0n) is 23.4. The van der Waals surface area contributed by atoms with Crippen molar-refractivity contribution >= 4 is 24.1 Å². The summed E-state index contributed by atoms with van der Waals surface area (Å²) in [5.74, 6) is -7.72. The van der Waals surface area contributed by atoms with Crippen LogP contribution in [0.1, 0.15) is 54.7 Å². The van der Waals surface area contributed by atoms with Gasteiger partial charge in [-0.05, 0) is 6.92 Å². The maximum atomic E-state index is 16.5. The molecule has 0 saturated carbocycles. The molecule has 0 bridgehead atoms. The molecule has 40 heavy (non-hydrogen) atoms. The predicted molar refractivity (Wildman–Crippen MR) is 132 cm³/mol. The van der Waals surface area contributed by atoms with Crippen LogP contribution in [0.5, 0.6) is 0 Å². The van der Waals surface area contributed by atoms with Crippen molar-refractivity contribution in [3.63, 3.8) is 0 Å². The smallest absolute Gasteiger partial charge is 0.459 e. The van der Waals surface area contributed by atoms with E-state index in [0.29, 0.717) is 9.13 Å². The number of alkyl halides is 1. The number of esters is 3. The average molecular weight is 575 g/mol. The van der Waals surface area contributed by atoms with Gasteiger partial charge in [0.25, 0.3) is 11.4 Å². The van der Waals surface area contributed by atoms with Crippen molar-refractivity contribution < 1.29 is 52.0 Å². The van der Waals surface area contributed by atoms with Gasteiger partial charge in [-0.1, -0.05) is 41.5 Å². The van der Waals surface area contributed by atoms with Gasteiger partial charge in [-0.3, -0.25) is 23.7 Å². The molecular weight excluding hydrogens is 539 g/mol. The van der Waals surface area contributed by atoms with Crippen LogP contribution in [0.3, 0.4) is 0 Å². The van der Waals surface area contributed by atoms with Crippen LogP contribution in [0.25, 0.3) is 0 Å². The van der Waals surface area contributed by atoms with Gasteiger partial charge in [0, 0.05) is 12.3 Å². The number of hydrogen-bond donors (Lipinski definition) is 0. The van der Waals surface area contributed by atoms with Crippen molar-refractivity contribution in [2.75, 3.05) is 13.2 Å². The minimum absolute atomic E-state index is 0.0258. The summed E-state index contributed by atoms with van der Waals surface area (Å²) in [6, 6.07) is 0.896. The number of nitrogens with zero attached hydrogens (tertiary/aromatic N) is 2. The van der Waals surface area contributed by atoms with Gasteiger partial charge in [0.15, 0.2) is 25.7 Å². The number of hydrogen-bond acceptors (Lipinski definition) is 12. The Kier molecular flexibility index (Phi) is 11.0. The fourth-order valence-corrected chi connectivity index (χ4v) is 3.32. The molecule has 2 rings (SSSR count). The Morgan fingerprint density at radius 2 is 1.50 bits per heavy atom. The number of aromatic nitrogens is 2. The molecule has 2 heterocycles. The highest BCUT2D eigenvalue weighted by molar-refractivity contribution is 5.73. The number of ether oxygens (including phenoxy) is 6. The van der Waals surface area contributed by atoms with Gasteiger partial charge >= 0.3 is 29.8 Å². The molecule has 1 aliphatic rings. The van der Waals surface area contributed by atoms with Crippen molar-refractivity contribution in [2.45, 2.75) is 79.5 Å². The summed E-state index contributed by atoms with van der Waals surface area (Å²) in [5.41, 5.74) is -2.04. The SMILES string of the molecule is CCOC(=O)OCn1c(=O)ccn([C@@H]2O[C@](F)(COC(=O)C(C)C)[C@@H](OC(=O)C(C)C)[C@H]2OC(=O)C(C)C)c1=O. The van der Waals surface area contributed by atoms with Crippen LogP contribution in [0.4, 0.5) is 9.18 Å². The topological polar surface area (TPSA) is 168 Å². The summed E-state index contributed by atoms with van der Waals surface area (Å²) in [6.07, 6.45) is -5.77. The summed E-state index contributed by atoms with van der Waals surface area (Å²) in [6.45, 7) is 8.52. The van der Waals surface area contributed by atoms with Gasteiger partial charge in [-0.2, -0.15) is 0 Å². The second kappa shape index (κ2) is 13.5. The van der Waals surface area contributed by atoms with Crippen LogP contribution in [0, 0.1) is 17.8 Å². The van der Waals surface area contributed by atoms with Crippen molar-refractivity contribution in [1.82, 2.24) is 9.13 Å². The first-order valence-corrected chi connectivity index (χ1v) is 12.7. The minimum Gasteiger partial charge on any atom is -0.459 e. The van der Waals surface area contributed by atoms with Gasteiger partial charge in [0.05, 0.1) is 24.4 Å². The normalized spacial score (nSPS) is 22.3. The zero-order valence-corrected chi connectivity index (χ0v) is 23.4. The van der Waals surface area contributed by atoms with Crippen molar-refractivity contribution in [3.05, 3.63) is 33.1 Å². The van der Waals surface area contributed by atoms with E-state index in [4.69, 9.17) is 23.7 Å². The van der Waals surface area contributed by atoms with E-state index in [1.54, 1.807) is 0 Å². The number of halogens is 1. The molecule has 1 aromatic rings. The van der Waals surface area contributed by atoms with E-state index in [1.165, 1.54) is 48.5 Å². The first kappa shape index (κ1) is 32.5. The third kappa shape index (κ3) is 7.67. The third-order valence-corrected chi connectivity index (χ3v) is 5.59. The van der Waals surface area contributed by atoms with Gasteiger partial charge in [-0.15, -0.1) is 0 Å². The van der Waals surface area contributed by atoms with Crippen molar-refractivity contribution in [3.8, 4) is 0 Å². The van der Waals surface area contributed by atoms with Crippen molar-refractivity contribution in [2.24, 2.45) is 17.8 Å². The molecule has 224 valence electrons. The molecule has 1 saturated heterocycles. The van der Waals surface area contributed by atoms with Gasteiger partial charge in [-0.25, -0.2) is 18.5 Å². The first-order chi connectivity index (χ1) is 18.6. The highest BCUT2D eigenvalue weighted by Gasteiger charge is 2.62. The zero-order chi connectivity index (χ0) is 30.4. The molecule has 14 nitrogen and oxygen atoms in total. The van der Waals surface area contributed by atoms with Crippen LogP contribution in [0.15, 0.2) is 21.9 Å². The summed E-state index contributed by atoms with van der Waals surface area (Å²) in [5, 5.41) is 0. The molecule has 15 heteroatoms. The van der Waals surface area contributed by atoms with E-state index in [2.05, 4.69) is 4.74 Å². The lowest BCUT2D eigenvalue weighted by molar-refractivity contribution is -0.226. The van der Waals surface area contributed by atoms with E-state index < -0.39 is 90.7 Å². The van der Waals surface area contributed by atoms with Gasteiger partial charge in [0.1, 0.15) is 0 Å². The fraction of sp³-hybridized carbons (Fsp3) is 0.680. The Morgan fingerprint density at radius 1 is 0.925 bits per heavy atom. The highest BCUT2D eigenvalue weighted by atomic mass is 19.2. The maximum Gasteiger partial charge on any atom is 0.510 e. The molecule has 0 aliphatic carbocycles. The van der Waals surface area contributed by atoms with Crippen molar-refractivity contribution in [1.29, 1.82) is 0 Å². The maximum absolute atomic E-state index is 16.5. The average Bonchev–Trinajstić information content (AvgIpc) is 3.13. The molecule has 0 amide bonds. The fourth-order valence-electron chi connectivity index (χ4n) is 3.32. The predicted octanol–water partition coefficient (Wildman–Crippen LogP) is 1.67. The standard InChI is InChI=1S/C25H35FN2O12/c1-8-35-24(34)37-12-28-16(29)9-10-27(23(28)33)19-17(38-21(31)14(4)5)18(39-22(32)15(6)7)25(26,40-19)11-36-20(30)13(2)3/h9-10,13-15,17-19H,8,11-12H2,1-7H3/t17-,18+,19-,25-/m1/s1. The van der Waals surface area contributed by atoms with E-state index in [9.17, 15) is 28.8 Å². The number of carbonyl (C=O) groups excluding carboxylic acids is 4. The minimum atomic E-state index is -3.08. The van der Waals surface area contributed by atoms with Crippen LogP contribution in [-0.2, 0) is 49.5 Å². The molecule has 0 radical (unpaired) electrons. The highest BCUT2D eigenvalue weighted by Crippen LogP contribution is 2.42. The Morgan fingerprint density at radius 3 is 2.05 bits per heavy atom. The van der Waals surface area contributed by atoms with Crippen LogP contribution >= 0.6 is 0 Å². The molecule has 4 atom stereocenters. The molecule has 0 unspecified atom stereocenters. The number of rotatable bonds is 11. The quantitative estimate of drug-likeness (QED) is 0.277. The lowest BCUT2D eigenvalue weighted by atomic mass is 10.1. The molecule has 0 spiro atoms. The molecular formula is C25H35FN2O12. The lowest BCUT2D eigenvalue weighted by Crippen LogP contribution is -2.49. The molecule has 0 aromatic carbocycles. The van der Waals surface area contributed by atoms with Crippen LogP contribution in [0.2, 0.25) is 0 Å². The summed E-state index contributed by atoms with van der Waals surface area (Å²) in [4.78, 5) is 74.5. The van der Waals surface area contributed by atoms with Gasteiger partial charge in [0.2, 0.25) is 6.10 Å².